The van der Waals surface area contributed by atoms with Crippen LogP contribution in [0, 0.1) is 0 Å². The molecule has 2 aromatic rings. The number of hydrogen-bond donors (Lipinski definition) is 1. The Kier molecular flexibility index (Phi) is 4.20. The zero-order valence-corrected chi connectivity index (χ0v) is 12.4. The largest absolute Gasteiger partial charge is 0.312 e. The summed E-state index contributed by atoms with van der Waals surface area (Å²) in [5.74, 6) is 0.557. The number of nitrogens with one attached hydrogen (secondary N) is 1. The van der Waals surface area contributed by atoms with Gasteiger partial charge < -0.3 is 5.32 Å². The standard InChI is InChI=1S/C17H24N2/c1-13(9-11-19-17(2,3)4)15-8-7-14-6-5-10-18-16(14)12-15/h5-8,10,12-13,19H,9,11H2,1-4H3. The monoisotopic (exact) mass is 256 g/mol. The van der Waals surface area contributed by atoms with Crippen LogP contribution in [0.15, 0.2) is 36.5 Å². The molecule has 0 aliphatic heterocycles. The summed E-state index contributed by atoms with van der Waals surface area (Å²) in [5, 5.41) is 4.76. The van der Waals surface area contributed by atoms with Crippen LogP contribution in [0.3, 0.4) is 0 Å². The van der Waals surface area contributed by atoms with Gasteiger partial charge in [0, 0.05) is 17.1 Å². The second-order valence-electron chi connectivity index (χ2n) is 6.32. The summed E-state index contributed by atoms with van der Waals surface area (Å²) in [4.78, 5) is 4.43. The number of nitrogens with zero attached hydrogens (tertiary/aromatic N) is 1. The number of benzene rings is 1. The lowest BCUT2D eigenvalue weighted by Crippen LogP contribution is -2.36. The van der Waals surface area contributed by atoms with Gasteiger partial charge in [0.05, 0.1) is 5.52 Å². The molecule has 0 fully saturated rings. The first-order valence-corrected chi connectivity index (χ1v) is 7.05. The minimum Gasteiger partial charge on any atom is -0.312 e. The predicted octanol–water partition coefficient (Wildman–Crippen LogP) is 4.12. The fraction of sp³-hybridized carbons (Fsp3) is 0.471. The van der Waals surface area contributed by atoms with Crippen LogP contribution in [0.2, 0.25) is 0 Å². The zero-order chi connectivity index (χ0) is 13.9. The van der Waals surface area contributed by atoms with E-state index < -0.39 is 0 Å². The summed E-state index contributed by atoms with van der Waals surface area (Å²) in [6, 6.07) is 10.7. The van der Waals surface area contributed by atoms with Crippen molar-refractivity contribution in [2.45, 2.75) is 45.6 Å². The lowest BCUT2D eigenvalue weighted by atomic mass is 9.96. The number of hydrogen-bond acceptors (Lipinski definition) is 2. The van der Waals surface area contributed by atoms with Gasteiger partial charge in [-0.1, -0.05) is 25.1 Å². The van der Waals surface area contributed by atoms with Crippen molar-refractivity contribution in [3.05, 3.63) is 42.1 Å². The third kappa shape index (κ3) is 4.03. The van der Waals surface area contributed by atoms with Crippen molar-refractivity contribution in [1.82, 2.24) is 10.3 Å². The molecule has 1 aromatic carbocycles. The predicted molar refractivity (Wildman–Crippen MR) is 82.5 cm³/mol. The molecule has 0 saturated carbocycles. The van der Waals surface area contributed by atoms with Gasteiger partial charge in [-0.05, 0) is 57.4 Å². The lowest BCUT2D eigenvalue weighted by molar-refractivity contribution is 0.413. The van der Waals surface area contributed by atoms with Gasteiger partial charge in [-0.2, -0.15) is 0 Å². The molecule has 1 unspecified atom stereocenters. The number of pyridine rings is 1. The van der Waals surface area contributed by atoms with Crippen molar-refractivity contribution in [3.8, 4) is 0 Å². The van der Waals surface area contributed by atoms with Crippen molar-refractivity contribution in [3.63, 3.8) is 0 Å². The van der Waals surface area contributed by atoms with E-state index in [1.807, 2.05) is 12.3 Å². The molecule has 0 saturated heterocycles. The van der Waals surface area contributed by atoms with E-state index in [1.165, 1.54) is 10.9 Å². The molecule has 0 aliphatic carbocycles. The molecule has 19 heavy (non-hydrogen) atoms. The highest BCUT2D eigenvalue weighted by Crippen LogP contribution is 2.22. The highest BCUT2D eigenvalue weighted by Gasteiger charge is 2.11. The molecule has 0 bridgehead atoms. The van der Waals surface area contributed by atoms with Gasteiger partial charge in [0.25, 0.3) is 0 Å². The Morgan fingerprint density at radius 2 is 2.00 bits per heavy atom. The average molecular weight is 256 g/mol. The van der Waals surface area contributed by atoms with E-state index in [-0.39, 0.29) is 5.54 Å². The quantitative estimate of drug-likeness (QED) is 0.890. The zero-order valence-electron chi connectivity index (χ0n) is 12.4. The number of rotatable bonds is 4. The molecule has 102 valence electrons. The molecule has 1 atom stereocenters. The lowest BCUT2D eigenvalue weighted by Gasteiger charge is -2.22. The summed E-state index contributed by atoms with van der Waals surface area (Å²) in [7, 11) is 0. The third-order valence-corrected chi connectivity index (χ3v) is 3.43. The summed E-state index contributed by atoms with van der Waals surface area (Å²) in [6.07, 6.45) is 3.01. The minimum absolute atomic E-state index is 0.199. The van der Waals surface area contributed by atoms with E-state index in [2.05, 4.69) is 62.3 Å². The van der Waals surface area contributed by atoms with E-state index >= 15 is 0 Å². The second-order valence-corrected chi connectivity index (χ2v) is 6.32. The first kappa shape index (κ1) is 14.0. The molecule has 1 heterocycles. The van der Waals surface area contributed by atoms with Crippen LogP contribution in [0.1, 0.15) is 45.6 Å². The van der Waals surface area contributed by atoms with Crippen molar-refractivity contribution in [2.75, 3.05) is 6.54 Å². The normalized spacial score (nSPS) is 13.7. The van der Waals surface area contributed by atoms with Crippen LogP contribution in [0.4, 0.5) is 0 Å². The Labute approximate surface area is 116 Å². The smallest absolute Gasteiger partial charge is 0.0704 e. The van der Waals surface area contributed by atoms with Crippen molar-refractivity contribution >= 4 is 10.9 Å². The molecule has 1 N–H and O–H groups in total. The maximum absolute atomic E-state index is 4.43. The van der Waals surface area contributed by atoms with Gasteiger partial charge in [0.1, 0.15) is 0 Å². The van der Waals surface area contributed by atoms with E-state index in [0.717, 1.165) is 18.5 Å². The van der Waals surface area contributed by atoms with Crippen LogP contribution in [0.5, 0.6) is 0 Å². The van der Waals surface area contributed by atoms with E-state index in [0.29, 0.717) is 5.92 Å². The second kappa shape index (κ2) is 5.70. The third-order valence-electron chi connectivity index (χ3n) is 3.43. The summed E-state index contributed by atoms with van der Waals surface area (Å²) in [5.41, 5.74) is 2.67. The first-order chi connectivity index (χ1) is 8.96. The molecular formula is C17H24N2. The van der Waals surface area contributed by atoms with Crippen molar-refractivity contribution in [2.24, 2.45) is 0 Å². The van der Waals surface area contributed by atoms with Crippen LogP contribution in [-0.2, 0) is 0 Å². The molecule has 0 aliphatic rings. The topological polar surface area (TPSA) is 24.9 Å². The first-order valence-electron chi connectivity index (χ1n) is 7.05. The van der Waals surface area contributed by atoms with Crippen LogP contribution in [-0.4, -0.2) is 17.1 Å². The van der Waals surface area contributed by atoms with Gasteiger partial charge >= 0.3 is 0 Å². The fourth-order valence-corrected chi connectivity index (χ4v) is 2.22. The van der Waals surface area contributed by atoms with Crippen LogP contribution < -0.4 is 5.32 Å². The molecule has 0 radical (unpaired) electrons. The Balaban J connectivity index is 2.03. The summed E-state index contributed by atoms with van der Waals surface area (Å²) in [6.45, 7) is 9.95. The van der Waals surface area contributed by atoms with Gasteiger partial charge in [0.15, 0.2) is 0 Å². The van der Waals surface area contributed by atoms with Crippen LogP contribution >= 0.6 is 0 Å². The minimum atomic E-state index is 0.199. The average Bonchev–Trinajstić information content (AvgIpc) is 2.36. The molecule has 0 spiro atoms. The number of fused-ring (bicyclic) bond motifs is 1. The van der Waals surface area contributed by atoms with Crippen LogP contribution in [0.25, 0.3) is 10.9 Å². The molecule has 2 heteroatoms. The maximum atomic E-state index is 4.43. The number of aromatic nitrogens is 1. The molecule has 1 aromatic heterocycles. The highest BCUT2D eigenvalue weighted by atomic mass is 14.9. The van der Waals surface area contributed by atoms with Crippen molar-refractivity contribution in [1.29, 1.82) is 0 Å². The van der Waals surface area contributed by atoms with E-state index in [4.69, 9.17) is 0 Å². The van der Waals surface area contributed by atoms with Gasteiger partial charge in [-0.25, -0.2) is 0 Å². The Bertz CT molecular complexity index is 540. The Hall–Kier alpha value is -1.41. The Morgan fingerprint density at radius 3 is 2.74 bits per heavy atom. The maximum Gasteiger partial charge on any atom is 0.0704 e. The highest BCUT2D eigenvalue weighted by molar-refractivity contribution is 5.78. The van der Waals surface area contributed by atoms with Gasteiger partial charge in [0.2, 0.25) is 0 Å². The fourth-order valence-electron chi connectivity index (χ4n) is 2.22. The van der Waals surface area contributed by atoms with Gasteiger partial charge in [-0.3, -0.25) is 4.98 Å². The molecule has 2 nitrogen and oxygen atoms in total. The van der Waals surface area contributed by atoms with E-state index in [1.54, 1.807) is 0 Å². The van der Waals surface area contributed by atoms with Gasteiger partial charge in [-0.15, -0.1) is 0 Å². The van der Waals surface area contributed by atoms with E-state index in [9.17, 15) is 0 Å². The Morgan fingerprint density at radius 1 is 1.21 bits per heavy atom. The summed E-state index contributed by atoms with van der Waals surface area (Å²) < 4.78 is 0. The van der Waals surface area contributed by atoms with Crippen molar-refractivity contribution < 1.29 is 0 Å². The SMILES string of the molecule is CC(CCNC(C)(C)C)c1ccc2cccnc2c1. The summed E-state index contributed by atoms with van der Waals surface area (Å²) >= 11 is 0. The molecule has 0 amide bonds. The molecular weight excluding hydrogens is 232 g/mol. The molecule has 2 rings (SSSR count).